The van der Waals surface area contributed by atoms with E-state index in [2.05, 4.69) is 21.2 Å². The molecule has 0 saturated heterocycles. The molecule has 0 saturated carbocycles. The summed E-state index contributed by atoms with van der Waals surface area (Å²) in [4.78, 5) is 12.4. The third-order valence-corrected chi connectivity index (χ3v) is 8.45. The largest absolute Gasteiger partial charge is 0.350 e. The first kappa shape index (κ1) is 30.1. The van der Waals surface area contributed by atoms with Crippen LogP contribution in [0.1, 0.15) is 31.7 Å². The van der Waals surface area contributed by atoms with Crippen molar-refractivity contribution in [1.82, 2.24) is 9.62 Å². The molecule has 1 atom stereocenters. The molecule has 0 fully saturated rings. The summed E-state index contributed by atoms with van der Waals surface area (Å²) in [7, 11) is -7.30. The van der Waals surface area contributed by atoms with Crippen LogP contribution in [0.15, 0.2) is 63.3 Å². The van der Waals surface area contributed by atoms with E-state index in [0.717, 1.165) is 27.3 Å². The van der Waals surface area contributed by atoms with Gasteiger partial charge in [0.25, 0.3) is 0 Å². The molecule has 0 aliphatic rings. The number of alkyl halides is 1. The van der Waals surface area contributed by atoms with Gasteiger partial charge < -0.3 is 5.32 Å². The molecule has 0 radical (unpaired) electrons. The van der Waals surface area contributed by atoms with Crippen LogP contribution in [0.5, 0.6) is 0 Å². The topological polar surface area (TPSA) is 101 Å². The number of rotatable bonds is 13. The number of benzene rings is 2. The predicted molar refractivity (Wildman–Crippen MR) is 144 cm³/mol. The molecule has 0 spiro atoms. The number of aryl methyl sites for hydroxylation is 1. The van der Waals surface area contributed by atoms with Crippen molar-refractivity contribution in [2.75, 3.05) is 26.0 Å². The number of carbonyl (C=O) groups excluding carboxylic acids is 1. The van der Waals surface area contributed by atoms with Crippen molar-refractivity contribution in [3.05, 3.63) is 64.0 Å². The zero-order valence-corrected chi connectivity index (χ0v) is 23.8. The van der Waals surface area contributed by atoms with Gasteiger partial charge in [-0.1, -0.05) is 46.3 Å². The van der Waals surface area contributed by atoms with Crippen LogP contribution in [-0.4, -0.2) is 59.1 Å². The van der Waals surface area contributed by atoms with Gasteiger partial charge in [-0.2, -0.15) is 4.31 Å². The number of sulfonamides is 1. The second-order valence-electron chi connectivity index (χ2n) is 8.52. The summed E-state index contributed by atoms with van der Waals surface area (Å²) < 4.78 is 64.8. The van der Waals surface area contributed by atoms with Crippen LogP contribution in [-0.2, 0) is 24.7 Å². The fraction of sp³-hybridized carbons (Fsp3) is 0.400. The van der Waals surface area contributed by atoms with Crippen molar-refractivity contribution in [2.24, 2.45) is 0 Å². The molecule has 0 heterocycles. The Kier molecular flexibility index (Phi) is 11.3. The summed E-state index contributed by atoms with van der Waals surface area (Å²) in [5.41, 5.74) is 2.23. The zero-order valence-electron chi connectivity index (χ0n) is 20.6. The fourth-order valence-electron chi connectivity index (χ4n) is 3.59. The van der Waals surface area contributed by atoms with E-state index in [4.69, 9.17) is 0 Å². The molecule has 36 heavy (non-hydrogen) atoms. The molecule has 0 aliphatic carbocycles. The Bertz CT molecular complexity index is 1300. The van der Waals surface area contributed by atoms with E-state index in [9.17, 15) is 26.0 Å². The molecule has 7 nitrogen and oxygen atoms in total. The number of hydrogen-bond acceptors (Lipinski definition) is 5. The van der Waals surface area contributed by atoms with Gasteiger partial charge >= 0.3 is 0 Å². The predicted octanol–water partition coefficient (Wildman–Crippen LogP) is 4.62. The Labute approximate surface area is 221 Å². The Morgan fingerprint density at radius 1 is 1.08 bits per heavy atom. The van der Waals surface area contributed by atoms with Gasteiger partial charge in [0.05, 0.1) is 11.6 Å². The maximum atomic E-state index is 13.7. The SMILES string of the molecule is Cc1ccccc1-c1cc(Br)ccc1S(=O)(=O)N(CCCF)CCCC(=O)N[C@H](C)/C=C\S(C)(=O)=O. The molecule has 0 bridgehead atoms. The Hall–Kier alpha value is -2.08. The van der Waals surface area contributed by atoms with Crippen LogP contribution in [0, 0.1) is 6.92 Å². The van der Waals surface area contributed by atoms with E-state index in [-0.39, 0.29) is 43.2 Å². The normalized spacial score (nSPS) is 13.3. The van der Waals surface area contributed by atoms with Gasteiger partial charge in [0.2, 0.25) is 15.9 Å². The highest BCUT2D eigenvalue weighted by molar-refractivity contribution is 9.10. The molecule has 198 valence electrons. The molecule has 0 aliphatic heterocycles. The molecule has 0 aromatic heterocycles. The summed E-state index contributed by atoms with van der Waals surface area (Å²) in [6, 6.07) is 11.9. The van der Waals surface area contributed by atoms with Crippen molar-refractivity contribution in [3.8, 4) is 11.1 Å². The molecule has 2 aromatic carbocycles. The molecule has 2 aromatic rings. The third kappa shape index (κ3) is 9.10. The van der Waals surface area contributed by atoms with E-state index in [0.29, 0.717) is 5.56 Å². The van der Waals surface area contributed by atoms with Gasteiger partial charge in [0.15, 0.2) is 9.84 Å². The van der Waals surface area contributed by atoms with Gasteiger partial charge in [0.1, 0.15) is 0 Å². The molecular weight excluding hydrogens is 571 g/mol. The summed E-state index contributed by atoms with van der Waals surface area (Å²) in [5.74, 6) is -0.340. The van der Waals surface area contributed by atoms with Crippen LogP contribution < -0.4 is 5.32 Å². The molecule has 2 rings (SSSR count). The van der Waals surface area contributed by atoms with Crippen LogP contribution in [0.2, 0.25) is 0 Å². The van der Waals surface area contributed by atoms with Gasteiger partial charge in [-0.25, -0.2) is 16.8 Å². The minimum Gasteiger partial charge on any atom is -0.350 e. The minimum absolute atomic E-state index is 0.0166. The lowest BCUT2D eigenvalue weighted by Crippen LogP contribution is -2.35. The average Bonchev–Trinajstić information content (AvgIpc) is 2.79. The third-order valence-electron chi connectivity index (χ3n) is 5.35. The van der Waals surface area contributed by atoms with E-state index >= 15 is 0 Å². The second kappa shape index (κ2) is 13.5. The van der Waals surface area contributed by atoms with Crippen molar-refractivity contribution in [3.63, 3.8) is 0 Å². The van der Waals surface area contributed by atoms with Crippen LogP contribution in [0.4, 0.5) is 4.39 Å². The van der Waals surface area contributed by atoms with Crippen molar-refractivity contribution in [2.45, 2.75) is 44.0 Å². The summed E-state index contributed by atoms with van der Waals surface area (Å²) in [6.45, 7) is 2.89. The maximum Gasteiger partial charge on any atom is 0.243 e. The molecule has 1 amide bonds. The quantitative estimate of drug-likeness (QED) is 0.360. The summed E-state index contributed by atoms with van der Waals surface area (Å²) >= 11 is 3.42. The highest BCUT2D eigenvalue weighted by Crippen LogP contribution is 2.34. The van der Waals surface area contributed by atoms with Gasteiger partial charge in [0, 0.05) is 47.3 Å². The monoisotopic (exact) mass is 602 g/mol. The van der Waals surface area contributed by atoms with E-state index in [1.807, 2.05) is 31.2 Å². The summed E-state index contributed by atoms with van der Waals surface area (Å²) in [5, 5.41) is 3.68. The highest BCUT2D eigenvalue weighted by atomic mass is 79.9. The van der Waals surface area contributed by atoms with Crippen LogP contribution in [0.25, 0.3) is 11.1 Å². The maximum absolute atomic E-state index is 13.7. The van der Waals surface area contributed by atoms with E-state index < -0.39 is 32.6 Å². The van der Waals surface area contributed by atoms with Crippen molar-refractivity contribution < 1.29 is 26.0 Å². The first-order chi connectivity index (χ1) is 16.8. The first-order valence-electron chi connectivity index (χ1n) is 11.4. The lowest BCUT2D eigenvalue weighted by molar-refractivity contribution is -0.121. The lowest BCUT2D eigenvalue weighted by Gasteiger charge is -2.24. The fourth-order valence-corrected chi connectivity index (χ4v) is 6.18. The number of sulfone groups is 1. The first-order valence-corrected chi connectivity index (χ1v) is 15.6. The number of halogens is 2. The number of hydrogen-bond donors (Lipinski definition) is 1. The van der Waals surface area contributed by atoms with Crippen molar-refractivity contribution >= 4 is 41.7 Å². The molecule has 1 N–H and O–H groups in total. The Balaban J connectivity index is 2.22. The van der Waals surface area contributed by atoms with Gasteiger partial charge in [-0.3, -0.25) is 9.18 Å². The number of nitrogens with zero attached hydrogens (tertiary/aromatic N) is 1. The lowest BCUT2D eigenvalue weighted by atomic mass is 10.0. The molecular formula is C25H32BrFN2O5S2. The van der Waals surface area contributed by atoms with E-state index in [1.165, 1.54) is 16.4 Å². The van der Waals surface area contributed by atoms with Gasteiger partial charge in [-0.05, 0) is 56.0 Å². The Morgan fingerprint density at radius 2 is 1.75 bits per heavy atom. The molecule has 0 unspecified atom stereocenters. The zero-order chi connectivity index (χ0) is 26.9. The summed E-state index contributed by atoms with van der Waals surface area (Å²) in [6.07, 6.45) is 2.71. The molecule has 11 heteroatoms. The minimum atomic E-state index is -4.00. The number of nitrogens with one attached hydrogen (secondary N) is 1. The highest BCUT2D eigenvalue weighted by Gasteiger charge is 2.28. The van der Waals surface area contributed by atoms with Crippen LogP contribution in [0.3, 0.4) is 0 Å². The van der Waals surface area contributed by atoms with Gasteiger partial charge in [-0.15, -0.1) is 0 Å². The number of amides is 1. The van der Waals surface area contributed by atoms with E-state index in [1.54, 1.807) is 19.1 Å². The Morgan fingerprint density at radius 3 is 2.39 bits per heavy atom. The van der Waals surface area contributed by atoms with Crippen LogP contribution >= 0.6 is 15.9 Å². The van der Waals surface area contributed by atoms with Crippen molar-refractivity contribution in [1.29, 1.82) is 0 Å². The smallest absolute Gasteiger partial charge is 0.243 e. The average molecular weight is 604 g/mol. The number of carbonyl (C=O) groups is 1. The second-order valence-corrected chi connectivity index (χ2v) is 13.3. The standard InChI is InChI=1S/C25H32BrFN2O5S2/c1-19-8-4-5-9-22(19)23-18-21(26)11-12-24(23)36(33,34)29(16-7-14-27)15-6-10-25(30)28-20(2)13-17-35(3,31)32/h4-5,8-9,11-13,17-18,20H,6-7,10,14-16H2,1-3H3,(H,28,30)/b17-13-/t20-/m1/s1.